The first-order chi connectivity index (χ1) is 9.11. The fourth-order valence-corrected chi connectivity index (χ4v) is 2.94. The van der Waals surface area contributed by atoms with Gasteiger partial charge in [-0.3, -0.25) is 4.79 Å². The molecule has 104 valence electrons. The molecule has 1 amide bonds. The normalized spacial score (nSPS) is 16.5. The Morgan fingerprint density at radius 1 is 1.47 bits per heavy atom. The Morgan fingerprint density at radius 3 is 2.74 bits per heavy atom. The van der Waals surface area contributed by atoms with Gasteiger partial charge in [0.05, 0.1) is 17.6 Å². The van der Waals surface area contributed by atoms with Crippen molar-refractivity contribution in [1.29, 1.82) is 0 Å². The molecule has 1 heterocycles. The molecule has 0 aliphatic carbocycles. The monoisotopic (exact) mass is 326 g/mol. The van der Waals surface area contributed by atoms with Gasteiger partial charge in [-0.15, -0.1) is 0 Å². The van der Waals surface area contributed by atoms with Crippen LogP contribution in [0.5, 0.6) is 5.75 Å². The van der Waals surface area contributed by atoms with Crippen molar-refractivity contribution in [2.45, 2.75) is 25.3 Å². The van der Waals surface area contributed by atoms with E-state index in [1.807, 2.05) is 23.1 Å². The van der Waals surface area contributed by atoms with Crippen molar-refractivity contribution in [2.75, 3.05) is 20.2 Å². The number of hydrogen-bond donors (Lipinski definition) is 1. The summed E-state index contributed by atoms with van der Waals surface area (Å²) in [6.07, 6.45) is 2.73. The summed E-state index contributed by atoms with van der Waals surface area (Å²) in [5, 5.41) is 0. The third kappa shape index (κ3) is 3.48. The zero-order valence-corrected chi connectivity index (χ0v) is 12.6. The molecule has 0 spiro atoms. The number of ether oxygens (including phenoxy) is 1. The first-order valence-electron chi connectivity index (χ1n) is 6.48. The number of halogens is 1. The number of benzene rings is 1. The van der Waals surface area contributed by atoms with Crippen molar-refractivity contribution in [3.05, 3.63) is 28.2 Å². The molecule has 1 aliphatic heterocycles. The van der Waals surface area contributed by atoms with Gasteiger partial charge in [0.2, 0.25) is 5.91 Å². The smallest absolute Gasteiger partial charge is 0.239 e. The number of hydrogen-bond acceptors (Lipinski definition) is 3. The lowest BCUT2D eigenvalue weighted by Crippen LogP contribution is -2.43. The van der Waals surface area contributed by atoms with E-state index < -0.39 is 6.04 Å². The van der Waals surface area contributed by atoms with Gasteiger partial charge < -0.3 is 15.4 Å². The van der Waals surface area contributed by atoms with Gasteiger partial charge in [-0.05, 0) is 52.9 Å². The summed E-state index contributed by atoms with van der Waals surface area (Å²) in [4.78, 5) is 14.0. The first kappa shape index (κ1) is 14.3. The molecule has 0 aromatic heterocycles. The van der Waals surface area contributed by atoms with Crippen molar-refractivity contribution in [2.24, 2.45) is 5.73 Å². The Hall–Kier alpha value is -1.07. The van der Waals surface area contributed by atoms with Gasteiger partial charge in [-0.25, -0.2) is 0 Å². The molecule has 2 N–H and O–H groups in total. The second-order valence-electron chi connectivity index (χ2n) is 4.81. The Bertz CT molecular complexity index is 459. The van der Waals surface area contributed by atoms with E-state index in [2.05, 4.69) is 15.9 Å². The lowest BCUT2D eigenvalue weighted by atomic mass is 10.1. The Balaban J connectivity index is 1.99. The number of nitrogens with two attached hydrogens (primary N) is 1. The van der Waals surface area contributed by atoms with Crippen LogP contribution in [0.1, 0.15) is 18.4 Å². The van der Waals surface area contributed by atoms with Gasteiger partial charge in [-0.2, -0.15) is 0 Å². The minimum Gasteiger partial charge on any atom is -0.496 e. The number of methoxy groups -OCH3 is 1. The summed E-state index contributed by atoms with van der Waals surface area (Å²) < 4.78 is 6.06. The Kier molecular flexibility index (Phi) is 4.82. The van der Waals surface area contributed by atoms with Crippen LogP contribution in [-0.4, -0.2) is 37.0 Å². The zero-order chi connectivity index (χ0) is 13.8. The van der Waals surface area contributed by atoms with Crippen LogP contribution in [0.3, 0.4) is 0 Å². The molecule has 2 rings (SSSR count). The highest BCUT2D eigenvalue weighted by molar-refractivity contribution is 9.10. The van der Waals surface area contributed by atoms with Crippen LogP contribution in [0, 0.1) is 0 Å². The molecule has 1 aromatic rings. The van der Waals surface area contributed by atoms with Crippen LogP contribution >= 0.6 is 15.9 Å². The molecule has 0 bridgehead atoms. The minimum atomic E-state index is -0.460. The molecule has 1 aromatic carbocycles. The molecule has 0 saturated carbocycles. The molecule has 1 fully saturated rings. The quantitative estimate of drug-likeness (QED) is 0.920. The van der Waals surface area contributed by atoms with Gasteiger partial charge >= 0.3 is 0 Å². The van der Waals surface area contributed by atoms with Crippen molar-refractivity contribution in [1.82, 2.24) is 4.90 Å². The molecule has 1 unspecified atom stereocenters. The van der Waals surface area contributed by atoms with Gasteiger partial charge in [0.15, 0.2) is 0 Å². The highest BCUT2D eigenvalue weighted by Crippen LogP contribution is 2.26. The number of carbonyl (C=O) groups excluding carboxylic acids is 1. The number of carbonyl (C=O) groups is 1. The molecule has 1 aliphatic rings. The molecule has 5 heteroatoms. The summed E-state index contributed by atoms with van der Waals surface area (Å²) in [5.74, 6) is 0.840. The lowest BCUT2D eigenvalue weighted by molar-refractivity contribution is -0.131. The topological polar surface area (TPSA) is 55.6 Å². The van der Waals surface area contributed by atoms with Crippen molar-refractivity contribution in [3.63, 3.8) is 0 Å². The number of likely N-dealkylation sites (tertiary alicyclic amines) is 1. The van der Waals surface area contributed by atoms with E-state index in [4.69, 9.17) is 10.5 Å². The van der Waals surface area contributed by atoms with E-state index in [0.717, 1.165) is 41.7 Å². The predicted molar refractivity (Wildman–Crippen MR) is 78.2 cm³/mol. The van der Waals surface area contributed by atoms with Gasteiger partial charge in [0.1, 0.15) is 5.75 Å². The van der Waals surface area contributed by atoms with E-state index >= 15 is 0 Å². The first-order valence-corrected chi connectivity index (χ1v) is 7.28. The van der Waals surface area contributed by atoms with Crippen molar-refractivity contribution in [3.8, 4) is 5.75 Å². The maximum absolute atomic E-state index is 12.1. The lowest BCUT2D eigenvalue weighted by Gasteiger charge is -2.20. The van der Waals surface area contributed by atoms with Crippen LogP contribution in [0.4, 0.5) is 0 Å². The molecular weight excluding hydrogens is 308 g/mol. The zero-order valence-electron chi connectivity index (χ0n) is 11.1. The Morgan fingerprint density at radius 2 is 2.16 bits per heavy atom. The third-order valence-electron chi connectivity index (χ3n) is 3.41. The van der Waals surface area contributed by atoms with Gasteiger partial charge in [0, 0.05) is 13.1 Å². The summed E-state index contributed by atoms with van der Waals surface area (Å²) in [6.45, 7) is 1.69. The second kappa shape index (κ2) is 6.39. The van der Waals surface area contributed by atoms with E-state index in [-0.39, 0.29) is 5.91 Å². The second-order valence-corrected chi connectivity index (χ2v) is 5.67. The third-order valence-corrected chi connectivity index (χ3v) is 4.03. The summed E-state index contributed by atoms with van der Waals surface area (Å²) in [7, 11) is 1.63. The average molecular weight is 327 g/mol. The van der Waals surface area contributed by atoms with E-state index in [1.165, 1.54) is 0 Å². The average Bonchev–Trinajstić information content (AvgIpc) is 2.92. The molecular formula is C14H19BrN2O2. The summed E-state index contributed by atoms with van der Waals surface area (Å²) in [6, 6.07) is 5.32. The van der Waals surface area contributed by atoms with Crippen LogP contribution in [-0.2, 0) is 11.2 Å². The Labute approximate surface area is 122 Å². The van der Waals surface area contributed by atoms with E-state index in [0.29, 0.717) is 6.42 Å². The molecule has 1 atom stereocenters. The highest BCUT2D eigenvalue weighted by Gasteiger charge is 2.23. The standard InChI is InChI=1S/C14H19BrN2O2/c1-19-13-5-4-10(8-11(13)15)9-12(16)14(18)17-6-2-3-7-17/h4-5,8,12H,2-3,6-7,9,16H2,1H3. The molecule has 19 heavy (non-hydrogen) atoms. The van der Waals surface area contributed by atoms with Crippen molar-refractivity contribution < 1.29 is 9.53 Å². The summed E-state index contributed by atoms with van der Waals surface area (Å²) >= 11 is 3.44. The van der Waals surface area contributed by atoms with Gasteiger partial charge in [-0.1, -0.05) is 6.07 Å². The fourth-order valence-electron chi connectivity index (χ4n) is 2.35. The highest BCUT2D eigenvalue weighted by atomic mass is 79.9. The summed E-state index contributed by atoms with van der Waals surface area (Å²) in [5.41, 5.74) is 7.05. The van der Waals surface area contributed by atoms with Crippen LogP contribution < -0.4 is 10.5 Å². The number of amides is 1. The molecule has 4 nitrogen and oxygen atoms in total. The molecule has 0 radical (unpaired) electrons. The van der Waals surface area contributed by atoms with E-state index in [9.17, 15) is 4.79 Å². The van der Waals surface area contributed by atoms with Crippen LogP contribution in [0.2, 0.25) is 0 Å². The fraction of sp³-hybridized carbons (Fsp3) is 0.500. The SMILES string of the molecule is COc1ccc(CC(N)C(=O)N2CCCC2)cc1Br. The largest absolute Gasteiger partial charge is 0.496 e. The van der Waals surface area contributed by atoms with Crippen molar-refractivity contribution >= 4 is 21.8 Å². The maximum atomic E-state index is 12.1. The van der Waals surface area contributed by atoms with Gasteiger partial charge in [0.25, 0.3) is 0 Å². The van der Waals surface area contributed by atoms with Crippen LogP contribution in [0.15, 0.2) is 22.7 Å². The number of nitrogens with zero attached hydrogens (tertiary/aromatic N) is 1. The predicted octanol–water partition coefficient (Wildman–Crippen LogP) is 1.95. The minimum absolute atomic E-state index is 0.0597. The molecule has 1 saturated heterocycles. The van der Waals surface area contributed by atoms with E-state index in [1.54, 1.807) is 7.11 Å². The maximum Gasteiger partial charge on any atom is 0.239 e. The van der Waals surface area contributed by atoms with Crippen LogP contribution in [0.25, 0.3) is 0 Å². The number of rotatable bonds is 4.